The molecule has 9 nitrogen and oxygen atoms in total. The van der Waals surface area contributed by atoms with Gasteiger partial charge < -0.3 is 20.7 Å². The van der Waals surface area contributed by atoms with Gasteiger partial charge in [0.15, 0.2) is 0 Å². The van der Waals surface area contributed by atoms with Gasteiger partial charge >= 0.3 is 6.09 Å². The Morgan fingerprint density at radius 1 is 0.905 bits per heavy atom. The van der Waals surface area contributed by atoms with Gasteiger partial charge in [-0.1, -0.05) is 80.6 Å². The van der Waals surface area contributed by atoms with Gasteiger partial charge in [-0.15, -0.1) is 0 Å². The van der Waals surface area contributed by atoms with Crippen molar-refractivity contribution in [2.24, 2.45) is 5.92 Å². The number of anilines is 1. The van der Waals surface area contributed by atoms with Crippen molar-refractivity contribution in [2.45, 2.75) is 89.8 Å². The van der Waals surface area contributed by atoms with E-state index in [2.05, 4.69) is 20.7 Å². The standard InChI is InChI=1S/C32H48N4O5S/c1-32(2,3)41-31(38)36-29(23-26-15-9-5-10-16-26)30(37)35-28(20-19-25-13-7-4-8-14-25)24-42(39,40)34-22-21-33-27-17-11-6-12-18-27/h4,6-8,11-14,17-18,26,28-29,33-34H,5,9-10,15-16,19-24H2,1-3H3,(H,35,37)(H,36,38)/t28-,29-/m0/s1. The molecule has 0 saturated heterocycles. The Bertz CT molecular complexity index is 1200. The van der Waals surface area contributed by atoms with E-state index in [-0.39, 0.29) is 18.2 Å². The predicted molar refractivity (Wildman–Crippen MR) is 168 cm³/mol. The third kappa shape index (κ3) is 13.2. The van der Waals surface area contributed by atoms with Gasteiger partial charge in [-0.2, -0.15) is 0 Å². The molecular weight excluding hydrogens is 552 g/mol. The lowest BCUT2D eigenvalue weighted by atomic mass is 9.84. The van der Waals surface area contributed by atoms with Crippen LogP contribution < -0.4 is 20.7 Å². The van der Waals surface area contributed by atoms with Gasteiger partial charge in [0.05, 0.1) is 5.75 Å². The number of carbonyl (C=O) groups excluding carboxylic acids is 2. The van der Waals surface area contributed by atoms with Gasteiger partial charge in [-0.25, -0.2) is 17.9 Å². The summed E-state index contributed by atoms with van der Waals surface area (Å²) in [7, 11) is -3.70. The molecule has 1 saturated carbocycles. The highest BCUT2D eigenvalue weighted by Gasteiger charge is 2.30. The van der Waals surface area contributed by atoms with Crippen LogP contribution in [0.3, 0.4) is 0 Å². The van der Waals surface area contributed by atoms with Crippen LogP contribution in [0.15, 0.2) is 60.7 Å². The van der Waals surface area contributed by atoms with E-state index in [1.165, 1.54) is 6.42 Å². The van der Waals surface area contributed by atoms with Crippen molar-refractivity contribution in [3.63, 3.8) is 0 Å². The fourth-order valence-electron chi connectivity index (χ4n) is 5.22. The van der Waals surface area contributed by atoms with Crippen LogP contribution in [0.2, 0.25) is 0 Å². The average Bonchev–Trinajstić information content (AvgIpc) is 2.94. The topological polar surface area (TPSA) is 126 Å². The molecule has 0 unspecified atom stereocenters. The largest absolute Gasteiger partial charge is 0.444 e. The Balaban J connectivity index is 1.67. The number of hydrogen-bond donors (Lipinski definition) is 4. The van der Waals surface area contributed by atoms with Crippen molar-refractivity contribution >= 4 is 27.7 Å². The van der Waals surface area contributed by atoms with Crippen molar-refractivity contribution in [3.05, 3.63) is 66.2 Å². The van der Waals surface area contributed by atoms with Crippen LogP contribution >= 0.6 is 0 Å². The summed E-state index contributed by atoms with van der Waals surface area (Å²) in [5, 5.41) is 8.94. The van der Waals surface area contributed by atoms with Crippen molar-refractivity contribution in [2.75, 3.05) is 24.2 Å². The Morgan fingerprint density at radius 2 is 1.55 bits per heavy atom. The second-order valence-corrected chi connectivity index (χ2v) is 14.0. The lowest BCUT2D eigenvalue weighted by molar-refractivity contribution is -0.124. The number of sulfonamides is 1. The zero-order valence-electron chi connectivity index (χ0n) is 25.2. The zero-order chi connectivity index (χ0) is 30.4. The third-order valence-electron chi connectivity index (χ3n) is 7.24. The van der Waals surface area contributed by atoms with Crippen molar-refractivity contribution < 1.29 is 22.7 Å². The molecule has 0 bridgehead atoms. The second-order valence-electron chi connectivity index (χ2n) is 12.1. The molecule has 0 radical (unpaired) electrons. The lowest BCUT2D eigenvalue weighted by Crippen LogP contribution is -2.53. The number of aryl methyl sites for hydroxylation is 1. The highest BCUT2D eigenvalue weighted by molar-refractivity contribution is 7.89. The van der Waals surface area contributed by atoms with Crippen LogP contribution in [-0.2, 0) is 26.0 Å². The van der Waals surface area contributed by atoms with Crippen LogP contribution in [0, 0.1) is 5.92 Å². The Hall–Kier alpha value is -3.11. The molecule has 1 fully saturated rings. The summed E-state index contributed by atoms with van der Waals surface area (Å²) in [6.07, 6.45) is 6.28. The maximum atomic E-state index is 13.6. The summed E-state index contributed by atoms with van der Waals surface area (Å²) >= 11 is 0. The van der Waals surface area contributed by atoms with Crippen LogP contribution in [-0.4, -0.2) is 56.9 Å². The van der Waals surface area contributed by atoms with E-state index >= 15 is 0 Å². The first-order valence-electron chi connectivity index (χ1n) is 15.1. The molecule has 4 N–H and O–H groups in total. The smallest absolute Gasteiger partial charge is 0.408 e. The average molecular weight is 601 g/mol. The molecule has 0 spiro atoms. The number of alkyl carbamates (subject to hydrolysis) is 1. The van der Waals surface area contributed by atoms with E-state index in [0.717, 1.165) is 36.9 Å². The highest BCUT2D eigenvalue weighted by atomic mass is 32.2. The molecular formula is C32H48N4O5S. The van der Waals surface area contributed by atoms with Crippen molar-refractivity contribution in [1.29, 1.82) is 0 Å². The van der Waals surface area contributed by atoms with Gasteiger partial charge in [-0.3, -0.25) is 4.79 Å². The van der Waals surface area contributed by atoms with Crippen LogP contribution in [0.5, 0.6) is 0 Å². The summed E-state index contributed by atoms with van der Waals surface area (Å²) in [4.78, 5) is 26.3. The minimum absolute atomic E-state index is 0.209. The monoisotopic (exact) mass is 600 g/mol. The van der Waals surface area contributed by atoms with Gasteiger partial charge in [0.25, 0.3) is 0 Å². The van der Waals surface area contributed by atoms with Crippen LogP contribution in [0.4, 0.5) is 10.5 Å². The van der Waals surface area contributed by atoms with Crippen LogP contribution in [0.25, 0.3) is 0 Å². The van der Waals surface area contributed by atoms with E-state index in [1.807, 2.05) is 60.7 Å². The summed E-state index contributed by atoms with van der Waals surface area (Å²) in [6.45, 7) is 5.95. The summed E-state index contributed by atoms with van der Waals surface area (Å²) in [5.74, 6) is -0.334. The van der Waals surface area contributed by atoms with Gasteiger partial charge in [0, 0.05) is 24.8 Å². The molecule has 42 heavy (non-hydrogen) atoms. The number of nitrogens with one attached hydrogen (secondary N) is 4. The van der Waals surface area contributed by atoms with Crippen LogP contribution in [0.1, 0.15) is 71.3 Å². The highest BCUT2D eigenvalue weighted by Crippen LogP contribution is 2.27. The number of rotatable bonds is 15. The second kappa shape index (κ2) is 16.5. The molecule has 232 valence electrons. The predicted octanol–water partition coefficient (Wildman–Crippen LogP) is 5.00. The Labute approximate surface area is 251 Å². The van der Waals surface area contributed by atoms with Crippen molar-refractivity contribution in [1.82, 2.24) is 15.4 Å². The Kier molecular flexibility index (Phi) is 13.1. The fourth-order valence-corrected chi connectivity index (χ4v) is 6.53. The zero-order valence-corrected chi connectivity index (χ0v) is 26.0. The normalized spacial score (nSPS) is 15.8. The molecule has 1 aliphatic carbocycles. The van der Waals surface area contributed by atoms with Gasteiger partial charge in [0.1, 0.15) is 11.6 Å². The quantitative estimate of drug-likeness (QED) is 0.213. The molecule has 2 atom stereocenters. The molecule has 0 heterocycles. The molecule has 1 aliphatic rings. The third-order valence-corrected chi connectivity index (χ3v) is 8.73. The molecule has 2 aromatic rings. The van der Waals surface area contributed by atoms with E-state index in [9.17, 15) is 18.0 Å². The van der Waals surface area contributed by atoms with E-state index in [1.54, 1.807) is 20.8 Å². The number of hydrogen-bond acceptors (Lipinski definition) is 6. The SMILES string of the molecule is CC(C)(C)OC(=O)N[C@@H](CC1CCCCC1)C(=O)N[C@@H](CCc1ccccc1)CS(=O)(=O)NCCNc1ccccc1. The number of amides is 2. The van der Waals surface area contributed by atoms with E-state index in [0.29, 0.717) is 31.7 Å². The number of carbonyl (C=O) groups is 2. The molecule has 3 rings (SSSR count). The number of ether oxygens (including phenoxy) is 1. The molecule has 2 aromatic carbocycles. The van der Waals surface area contributed by atoms with Gasteiger partial charge in [0.2, 0.25) is 15.9 Å². The maximum absolute atomic E-state index is 13.6. The molecule has 0 aromatic heterocycles. The van der Waals surface area contributed by atoms with E-state index < -0.39 is 33.8 Å². The number of para-hydroxylation sites is 1. The Morgan fingerprint density at radius 3 is 2.19 bits per heavy atom. The number of benzene rings is 2. The lowest BCUT2D eigenvalue weighted by Gasteiger charge is -2.29. The summed E-state index contributed by atoms with van der Waals surface area (Å²) < 4.78 is 34.3. The van der Waals surface area contributed by atoms with Gasteiger partial charge in [-0.05, 0) is 63.6 Å². The van der Waals surface area contributed by atoms with E-state index in [4.69, 9.17) is 4.74 Å². The maximum Gasteiger partial charge on any atom is 0.408 e. The summed E-state index contributed by atoms with van der Waals surface area (Å²) in [6, 6.07) is 17.9. The fraction of sp³-hybridized carbons (Fsp3) is 0.562. The first kappa shape index (κ1) is 33.4. The van der Waals surface area contributed by atoms with Crippen molar-refractivity contribution in [3.8, 4) is 0 Å². The molecule has 10 heteroatoms. The first-order chi connectivity index (χ1) is 20.0. The minimum Gasteiger partial charge on any atom is -0.444 e. The molecule has 2 amide bonds. The summed E-state index contributed by atoms with van der Waals surface area (Å²) in [5.41, 5.74) is 1.26. The minimum atomic E-state index is -3.70. The first-order valence-corrected chi connectivity index (χ1v) is 16.7. The molecule has 0 aliphatic heterocycles.